The van der Waals surface area contributed by atoms with Crippen LogP contribution in [0, 0.1) is 11.3 Å². The van der Waals surface area contributed by atoms with Crippen LogP contribution in [0.4, 0.5) is 0 Å². The topological polar surface area (TPSA) is 55.0 Å². The third kappa shape index (κ3) is 3.43. The van der Waals surface area contributed by atoms with Crippen molar-refractivity contribution in [1.82, 2.24) is 4.57 Å². The second kappa shape index (κ2) is 6.67. The molecule has 0 fully saturated rings. The maximum Gasteiger partial charge on any atom is 0.292 e. The fourth-order valence-corrected chi connectivity index (χ4v) is 1.34. The van der Waals surface area contributed by atoms with E-state index in [0.717, 1.165) is 6.42 Å². The fraction of sp³-hybridized carbons (Fsp3) is 0.500. The predicted molar refractivity (Wildman–Crippen MR) is 61.3 cm³/mol. The average Bonchev–Trinajstić information content (AvgIpc) is 2.30. The number of ether oxygens (including phenoxy) is 1. The van der Waals surface area contributed by atoms with Gasteiger partial charge in [0.1, 0.15) is 0 Å². The zero-order valence-electron chi connectivity index (χ0n) is 9.48. The molecule has 0 bridgehead atoms. The van der Waals surface area contributed by atoms with Crippen LogP contribution >= 0.6 is 0 Å². The summed E-state index contributed by atoms with van der Waals surface area (Å²) in [6.45, 7) is 3.11. The molecule has 0 spiro atoms. The minimum atomic E-state index is -0.117. The van der Waals surface area contributed by atoms with Crippen LogP contribution < -0.4 is 10.3 Å². The van der Waals surface area contributed by atoms with Crippen molar-refractivity contribution in [2.45, 2.75) is 32.7 Å². The molecule has 0 aliphatic rings. The second-order valence-electron chi connectivity index (χ2n) is 3.48. The first-order chi connectivity index (χ1) is 7.79. The highest BCUT2D eigenvalue weighted by molar-refractivity contribution is 5.17. The maximum absolute atomic E-state index is 11.8. The van der Waals surface area contributed by atoms with Crippen LogP contribution in [0.3, 0.4) is 0 Å². The van der Waals surface area contributed by atoms with Gasteiger partial charge in [-0.25, -0.2) is 0 Å². The number of pyridine rings is 1. The lowest BCUT2D eigenvalue weighted by Crippen LogP contribution is -2.21. The maximum atomic E-state index is 11.8. The van der Waals surface area contributed by atoms with Crippen LogP contribution in [0.2, 0.25) is 0 Å². The van der Waals surface area contributed by atoms with Gasteiger partial charge in [-0.1, -0.05) is 6.92 Å². The standard InChI is InChI=1S/C12H16N2O2/c1-2-10-16-11-6-5-9-14(12(11)15)8-4-3-7-13/h5-6,9H,2-4,8,10H2,1H3. The molecule has 0 N–H and O–H groups in total. The summed E-state index contributed by atoms with van der Waals surface area (Å²) in [6.07, 6.45) is 3.75. The monoisotopic (exact) mass is 220 g/mol. The molecule has 4 nitrogen and oxygen atoms in total. The SMILES string of the molecule is CCCOc1cccn(CCCC#N)c1=O. The van der Waals surface area contributed by atoms with E-state index in [9.17, 15) is 4.79 Å². The summed E-state index contributed by atoms with van der Waals surface area (Å²) in [5.41, 5.74) is -0.117. The molecular weight excluding hydrogens is 204 g/mol. The smallest absolute Gasteiger partial charge is 0.292 e. The molecule has 1 aromatic heterocycles. The van der Waals surface area contributed by atoms with Crippen molar-refractivity contribution >= 4 is 0 Å². The van der Waals surface area contributed by atoms with Gasteiger partial charge in [0, 0.05) is 19.2 Å². The minimum Gasteiger partial charge on any atom is -0.488 e. The molecule has 0 saturated heterocycles. The van der Waals surface area contributed by atoms with Gasteiger partial charge in [-0.05, 0) is 25.0 Å². The van der Waals surface area contributed by atoms with Gasteiger partial charge < -0.3 is 9.30 Å². The normalized spacial score (nSPS) is 9.75. The molecule has 1 heterocycles. The highest BCUT2D eigenvalue weighted by atomic mass is 16.5. The quantitative estimate of drug-likeness (QED) is 0.688. The van der Waals surface area contributed by atoms with Crippen molar-refractivity contribution in [2.75, 3.05) is 6.61 Å². The van der Waals surface area contributed by atoms with Gasteiger partial charge in [0.15, 0.2) is 5.75 Å². The van der Waals surface area contributed by atoms with Crippen LogP contribution in [0.1, 0.15) is 26.2 Å². The van der Waals surface area contributed by atoms with E-state index in [4.69, 9.17) is 10.00 Å². The average molecular weight is 220 g/mol. The highest BCUT2D eigenvalue weighted by Gasteiger charge is 2.03. The lowest BCUT2D eigenvalue weighted by molar-refractivity contribution is 0.310. The molecule has 0 amide bonds. The molecule has 0 aliphatic carbocycles. The van der Waals surface area contributed by atoms with Crippen molar-refractivity contribution in [1.29, 1.82) is 5.26 Å². The van der Waals surface area contributed by atoms with E-state index in [2.05, 4.69) is 6.07 Å². The van der Waals surface area contributed by atoms with E-state index in [0.29, 0.717) is 31.7 Å². The lowest BCUT2D eigenvalue weighted by atomic mass is 10.3. The van der Waals surface area contributed by atoms with Gasteiger partial charge in [-0.15, -0.1) is 0 Å². The van der Waals surface area contributed by atoms with E-state index < -0.39 is 0 Å². The fourth-order valence-electron chi connectivity index (χ4n) is 1.34. The minimum absolute atomic E-state index is 0.117. The van der Waals surface area contributed by atoms with Crippen LogP contribution in [-0.2, 0) is 6.54 Å². The van der Waals surface area contributed by atoms with Gasteiger partial charge in [0.25, 0.3) is 5.56 Å². The summed E-state index contributed by atoms with van der Waals surface area (Å²) in [5.74, 6) is 0.390. The molecule has 0 aliphatic heterocycles. The number of aryl methyl sites for hydroxylation is 1. The molecule has 0 atom stereocenters. The number of unbranched alkanes of at least 4 members (excludes halogenated alkanes) is 1. The molecular formula is C12H16N2O2. The van der Waals surface area contributed by atoms with E-state index in [1.54, 1.807) is 22.9 Å². The highest BCUT2D eigenvalue weighted by Crippen LogP contribution is 2.03. The molecule has 0 radical (unpaired) electrons. The van der Waals surface area contributed by atoms with Crippen molar-refractivity contribution in [3.63, 3.8) is 0 Å². The number of nitrogens with zero attached hydrogens (tertiary/aromatic N) is 2. The van der Waals surface area contributed by atoms with Crippen LogP contribution in [0.25, 0.3) is 0 Å². The summed E-state index contributed by atoms with van der Waals surface area (Å²) >= 11 is 0. The lowest BCUT2D eigenvalue weighted by Gasteiger charge is -2.07. The molecule has 1 rings (SSSR count). The predicted octanol–water partition coefficient (Wildman–Crippen LogP) is 1.94. The van der Waals surface area contributed by atoms with Crippen molar-refractivity contribution in [2.24, 2.45) is 0 Å². The van der Waals surface area contributed by atoms with Crippen LogP contribution in [0.15, 0.2) is 23.1 Å². The Balaban J connectivity index is 2.71. The van der Waals surface area contributed by atoms with Crippen LogP contribution in [0.5, 0.6) is 5.75 Å². The zero-order valence-corrected chi connectivity index (χ0v) is 9.48. The van der Waals surface area contributed by atoms with Gasteiger partial charge in [-0.2, -0.15) is 5.26 Å². The number of hydrogen-bond donors (Lipinski definition) is 0. The van der Waals surface area contributed by atoms with Crippen molar-refractivity contribution < 1.29 is 4.74 Å². The Bertz CT molecular complexity index is 418. The summed E-state index contributed by atoms with van der Waals surface area (Å²) in [4.78, 5) is 11.8. The summed E-state index contributed by atoms with van der Waals surface area (Å²) in [5, 5.41) is 8.42. The number of aromatic nitrogens is 1. The Kier molecular flexibility index (Phi) is 5.13. The van der Waals surface area contributed by atoms with Gasteiger partial charge in [0.05, 0.1) is 12.7 Å². The second-order valence-corrected chi connectivity index (χ2v) is 3.48. The summed E-state index contributed by atoms with van der Waals surface area (Å²) in [7, 11) is 0. The van der Waals surface area contributed by atoms with Gasteiger partial charge in [0.2, 0.25) is 0 Å². The van der Waals surface area contributed by atoms with E-state index in [1.807, 2.05) is 6.92 Å². The first kappa shape index (κ1) is 12.3. The Morgan fingerprint density at radius 2 is 2.38 bits per heavy atom. The van der Waals surface area contributed by atoms with Gasteiger partial charge >= 0.3 is 0 Å². The van der Waals surface area contributed by atoms with Gasteiger partial charge in [-0.3, -0.25) is 4.79 Å². The Morgan fingerprint density at radius 1 is 1.56 bits per heavy atom. The molecule has 0 saturated carbocycles. The third-order valence-corrected chi connectivity index (χ3v) is 2.13. The number of hydrogen-bond acceptors (Lipinski definition) is 3. The van der Waals surface area contributed by atoms with E-state index in [-0.39, 0.29) is 5.56 Å². The molecule has 0 aromatic carbocycles. The summed E-state index contributed by atoms with van der Waals surface area (Å²) in [6, 6.07) is 5.53. The molecule has 1 aromatic rings. The number of nitriles is 1. The largest absolute Gasteiger partial charge is 0.488 e. The third-order valence-electron chi connectivity index (χ3n) is 2.13. The Labute approximate surface area is 95.1 Å². The molecule has 4 heteroatoms. The Morgan fingerprint density at radius 3 is 3.06 bits per heavy atom. The first-order valence-corrected chi connectivity index (χ1v) is 5.48. The first-order valence-electron chi connectivity index (χ1n) is 5.48. The zero-order chi connectivity index (χ0) is 11.8. The van der Waals surface area contributed by atoms with Crippen LogP contribution in [-0.4, -0.2) is 11.2 Å². The van der Waals surface area contributed by atoms with Crippen molar-refractivity contribution in [3.8, 4) is 11.8 Å². The number of rotatable bonds is 6. The summed E-state index contributed by atoms with van der Waals surface area (Å²) < 4.78 is 6.92. The van der Waals surface area contributed by atoms with E-state index in [1.165, 1.54) is 0 Å². The Hall–Kier alpha value is -1.76. The van der Waals surface area contributed by atoms with Crippen molar-refractivity contribution in [3.05, 3.63) is 28.7 Å². The van der Waals surface area contributed by atoms with E-state index >= 15 is 0 Å². The molecule has 16 heavy (non-hydrogen) atoms. The molecule has 0 unspecified atom stereocenters. The molecule has 86 valence electrons.